The molecule has 0 amide bonds. The minimum atomic E-state index is -4.86. The molecule has 0 radical (unpaired) electrons. The van der Waals surface area contributed by atoms with Gasteiger partial charge in [0.1, 0.15) is 11.6 Å². The molecule has 0 saturated heterocycles. The fourth-order valence-corrected chi connectivity index (χ4v) is 4.51. The number of sulfonamides is 1. The Balaban J connectivity index is 1.82. The number of hydrogen-bond acceptors (Lipinski definition) is 3. The Labute approximate surface area is 168 Å². The van der Waals surface area contributed by atoms with E-state index >= 15 is 0 Å². The Morgan fingerprint density at radius 3 is 2.32 bits per heavy atom. The molecule has 1 saturated carbocycles. The van der Waals surface area contributed by atoms with E-state index in [1.54, 1.807) is 6.07 Å². The summed E-state index contributed by atoms with van der Waals surface area (Å²) in [6.07, 6.45) is -2.42. The third kappa shape index (κ3) is 5.92. The Morgan fingerprint density at radius 1 is 1.14 bits per heavy atom. The molecular weight excluding hydrogens is 466 g/mol. The second-order valence-corrected chi connectivity index (χ2v) is 9.20. The second-order valence-electron chi connectivity index (χ2n) is 6.57. The molecule has 3 rings (SSSR count). The molecule has 4 nitrogen and oxygen atoms in total. The Bertz CT molecular complexity index is 924. The van der Waals surface area contributed by atoms with Crippen molar-refractivity contribution in [3.63, 3.8) is 0 Å². The van der Waals surface area contributed by atoms with Gasteiger partial charge < -0.3 is 4.74 Å². The van der Waals surface area contributed by atoms with Crippen molar-refractivity contribution in [2.45, 2.75) is 36.6 Å². The molecule has 0 heterocycles. The molecule has 10 heteroatoms. The molecule has 28 heavy (non-hydrogen) atoms. The van der Waals surface area contributed by atoms with Crippen molar-refractivity contribution in [1.29, 1.82) is 0 Å². The average molecular weight is 482 g/mol. The van der Waals surface area contributed by atoms with Gasteiger partial charge >= 0.3 is 6.36 Å². The average Bonchev–Trinajstić information content (AvgIpc) is 3.36. The van der Waals surface area contributed by atoms with Crippen LogP contribution in [0.3, 0.4) is 0 Å². The molecule has 1 atom stereocenters. The van der Waals surface area contributed by atoms with Crippen molar-refractivity contribution in [3.05, 3.63) is 58.3 Å². The number of rotatable bonds is 7. The molecule has 152 valence electrons. The minimum absolute atomic E-state index is 0.210. The predicted octanol–water partition coefficient (Wildman–Crippen LogP) is 5.31. The van der Waals surface area contributed by atoms with E-state index in [0.717, 1.165) is 37.1 Å². The van der Waals surface area contributed by atoms with Crippen LogP contribution >= 0.6 is 15.9 Å². The molecule has 0 spiro atoms. The Morgan fingerprint density at radius 2 is 1.79 bits per heavy atom. The quantitative estimate of drug-likeness (QED) is 0.545. The zero-order valence-corrected chi connectivity index (χ0v) is 16.7. The zero-order valence-electron chi connectivity index (χ0n) is 14.3. The van der Waals surface area contributed by atoms with E-state index in [1.165, 1.54) is 12.1 Å². The largest absolute Gasteiger partial charge is 0.573 e. The summed E-state index contributed by atoms with van der Waals surface area (Å²) in [7, 11) is -4.04. The first-order valence-electron chi connectivity index (χ1n) is 8.36. The lowest BCUT2D eigenvalue weighted by molar-refractivity contribution is -0.274. The van der Waals surface area contributed by atoms with Crippen molar-refractivity contribution in [3.8, 4) is 5.75 Å². The lowest BCUT2D eigenvalue weighted by atomic mass is 10.0. The van der Waals surface area contributed by atoms with E-state index < -0.39 is 34.0 Å². The topological polar surface area (TPSA) is 55.4 Å². The van der Waals surface area contributed by atoms with Crippen molar-refractivity contribution in [2.24, 2.45) is 5.92 Å². The highest BCUT2D eigenvalue weighted by molar-refractivity contribution is 9.10. The standard InChI is InChI=1S/C18H16BrF4NO3S/c19-13-8-12(9-14(20)10-13)17(7-11-1-2-11)24-28(25,26)16-5-3-15(4-6-16)27-18(21,22)23/h3-6,8-11,17,24H,1-2,7H2/t17-/m1/s1. The number of alkyl halides is 3. The molecule has 0 unspecified atom stereocenters. The summed E-state index contributed by atoms with van der Waals surface area (Å²) in [6, 6.07) is 7.42. The minimum Gasteiger partial charge on any atom is -0.406 e. The lowest BCUT2D eigenvalue weighted by Gasteiger charge is -2.20. The van der Waals surface area contributed by atoms with Gasteiger partial charge in [0, 0.05) is 10.5 Å². The van der Waals surface area contributed by atoms with Gasteiger partial charge in [0.05, 0.1) is 4.90 Å². The van der Waals surface area contributed by atoms with E-state index in [9.17, 15) is 26.0 Å². The maximum absolute atomic E-state index is 13.8. The fraction of sp³-hybridized carbons (Fsp3) is 0.333. The SMILES string of the molecule is O=S(=O)(N[C@H](CC1CC1)c1cc(F)cc(Br)c1)c1ccc(OC(F)(F)F)cc1. The van der Waals surface area contributed by atoms with Gasteiger partial charge in [-0.1, -0.05) is 28.8 Å². The van der Waals surface area contributed by atoms with Crippen LogP contribution in [0.25, 0.3) is 0 Å². The molecule has 1 aliphatic carbocycles. The van der Waals surface area contributed by atoms with Crippen LogP contribution in [0, 0.1) is 11.7 Å². The van der Waals surface area contributed by atoms with E-state index in [4.69, 9.17) is 0 Å². The van der Waals surface area contributed by atoms with E-state index in [-0.39, 0.29) is 4.90 Å². The molecule has 1 aliphatic rings. The highest BCUT2D eigenvalue weighted by Gasteiger charge is 2.32. The van der Waals surface area contributed by atoms with Crippen molar-refractivity contribution in [2.75, 3.05) is 0 Å². The summed E-state index contributed by atoms with van der Waals surface area (Å²) >= 11 is 3.20. The van der Waals surface area contributed by atoms with Crippen molar-refractivity contribution in [1.82, 2.24) is 4.72 Å². The first kappa shape index (κ1) is 21.1. The predicted molar refractivity (Wildman–Crippen MR) is 97.6 cm³/mol. The van der Waals surface area contributed by atoms with Gasteiger partial charge in [-0.25, -0.2) is 17.5 Å². The molecule has 1 N–H and O–H groups in total. The first-order valence-corrected chi connectivity index (χ1v) is 10.6. The molecule has 0 aliphatic heterocycles. The maximum Gasteiger partial charge on any atom is 0.573 e. The summed E-state index contributed by atoms with van der Waals surface area (Å²) in [6.45, 7) is 0. The fourth-order valence-electron chi connectivity index (χ4n) is 2.79. The highest BCUT2D eigenvalue weighted by atomic mass is 79.9. The van der Waals surface area contributed by atoms with Crippen LogP contribution in [-0.2, 0) is 10.0 Å². The van der Waals surface area contributed by atoms with Crippen LogP contribution in [0.4, 0.5) is 17.6 Å². The zero-order chi connectivity index (χ0) is 20.5. The Kier molecular flexibility index (Phi) is 6.02. The number of ether oxygens (including phenoxy) is 1. The molecule has 2 aromatic rings. The maximum atomic E-state index is 13.8. The van der Waals surface area contributed by atoms with Crippen LogP contribution in [0.2, 0.25) is 0 Å². The van der Waals surface area contributed by atoms with Crippen molar-refractivity contribution >= 4 is 26.0 Å². The first-order chi connectivity index (χ1) is 13.0. The Hall–Kier alpha value is -1.65. The van der Waals surface area contributed by atoms with Gasteiger partial charge in [-0.15, -0.1) is 13.2 Å². The van der Waals surface area contributed by atoms with Gasteiger partial charge in [-0.3, -0.25) is 0 Å². The van der Waals surface area contributed by atoms with E-state index in [1.807, 2.05) is 0 Å². The molecule has 1 fully saturated rings. The van der Waals surface area contributed by atoms with Crippen LogP contribution in [0.5, 0.6) is 5.75 Å². The van der Waals surface area contributed by atoms with E-state index in [0.29, 0.717) is 22.4 Å². The van der Waals surface area contributed by atoms with Gasteiger partial charge in [0.2, 0.25) is 10.0 Å². The number of hydrogen-bond donors (Lipinski definition) is 1. The summed E-state index contributed by atoms with van der Waals surface area (Å²) < 4.78 is 82.7. The van der Waals surface area contributed by atoms with Gasteiger partial charge in [0.25, 0.3) is 0 Å². The molecule has 0 aromatic heterocycles. The third-order valence-corrected chi connectivity index (χ3v) is 6.16. The molecular formula is C18H16BrF4NO3S. The third-order valence-electron chi connectivity index (χ3n) is 4.22. The lowest BCUT2D eigenvalue weighted by Crippen LogP contribution is -2.29. The van der Waals surface area contributed by atoms with Crippen LogP contribution < -0.4 is 9.46 Å². The van der Waals surface area contributed by atoms with Crippen molar-refractivity contribution < 1.29 is 30.7 Å². The summed E-state index contributed by atoms with van der Waals surface area (Å²) in [4.78, 5) is -0.210. The number of nitrogens with one attached hydrogen (secondary N) is 1. The van der Waals surface area contributed by atoms with Gasteiger partial charge in [-0.2, -0.15) is 0 Å². The summed E-state index contributed by atoms with van der Waals surface area (Å²) in [5.41, 5.74) is 0.472. The highest BCUT2D eigenvalue weighted by Crippen LogP contribution is 2.39. The normalized spacial score (nSPS) is 16.0. The number of benzene rings is 2. The van der Waals surface area contributed by atoms with Gasteiger partial charge in [0.15, 0.2) is 0 Å². The summed E-state index contributed by atoms with van der Waals surface area (Å²) in [5, 5.41) is 0. The molecule has 0 bridgehead atoms. The number of halogens is 5. The van der Waals surface area contributed by atoms with Gasteiger partial charge in [-0.05, 0) is 60.4 Å². The monoisotopic (exact) mass is 481 g/mol. The second kappa shape index (κ2) is 8.00. The van der Waals surface area contributed by atoms with Crippen LogP contribution in [0.15, 0.2) is 51.8 Å². The summed E-state index contributed by atoms with van der Waals surface area (Å²) in [5.74, 6) is -0.676. The van der Waals surface area contributed by atoms with Crippen LogP contribution in [0.1, 0.15) is 30.9 Å². The van der Waals surface area contributed by atoms with Crippen LogP contribution in [-0.4, -0.2) is 14.8 Å². The molecule has 2 aromatic carbocycles. The smallest absolute Gasteiger partial charge is 0.406 e. The van der Waals surface area contributed by atoms with E-state index in [2.05, 4.69) is 25.4 Å².